The van der Waals surface area contributed by atoms with Crippen LogP contribution >= 0.6 is 11.6 Å². The zero-order valence-electron chi connectivity index (χ0n) is 18.6. The van der Waals surface area contributed by atoms with Crippen LogP contribution in [0.2, 0.25) is 5.02 Å². The van der Waals surface area contributed by atoms with E-state index in [9.17, 15) is 18.0 Å². The van der Waals surface area contributed by atoms with Gasteiger partial charge in [-0.2, -0.15) is 18.4 Å². The van der Waals surface area contributed by atoms with Gasteiger partial charge in [-0.1, -0.05) is 41.9 Å². The molecule has 1 aliphatic heterocycles. The fourth-order valence-corrected chi connectivity index (χ4v) is 3.72. The number of amides is 1. The Morgan fingerprint density at radius 2 is 1.92 bits per heavy atom. The summed E-state index contributed by atoms with van der Waals surface area (Å²) < 4.78 is 51.8. The van der Waals surface area contributed by atoms with Crippen LogP contribution in [0.25, 0.3) is 11.3 Å². The number of nitrogens with one attached hydrogen (secondary N) is 1. The zero-order chi connectivity index (χ0) is 25.9. The Bertz CT molecular complexity index is 1370. The Balaban J connectivity index is 1.68. The summed E-state index contributed by atoms with van der Waals surface area (Å²) in [4.78, 5) is 14.3. The molecule has 0 atom stereocenters. The van der Waals surface area contributed by atoms with Crippen molar-refractivity contribution < 1.29 is 27.4 Å². The molecule has 1 amide bonds. The number of rotatable bonds is 6. The molecule has 4 rings (SSSR count). The molecule has 1 aliphatic rings. The molecule has 0 fully saturated rings. The number of ether oxygens (including phenoxy) is 2. The van der Waals surface area contributed by atoms with Gasteiger partial charge in [-0.25, -0.2) is 0 Å². The molecule has 3 aromatic rings. The van der Waals surface area contributed by atoms with E-state index in [4.69, 9.17) is 26.3 Å². The first-order valence-electron chi connectivity index (χ1n) is 10.4. The third-order valence-corrected chi connectivity index (χ3v) is 5.34. The Labute approximate surface area is 208 Å². The summed E-state index contributed by atoms with van der Waals surface area (Å²) in [6.07, 6.45) is -4.90. The van der Waals surface area contributed by atoms with Gasteiger partial charge in [0.25, 0.3) is 5.91 Å². The summed E-state index contributed by atoms with van der Waals surface area (Å²) in [6.45, 7) is -0.604. The number of nitriles is 1. The quantitative estimate of drug-likeness (QED) is 0.518. The zero-order valence-corrected chi connectivity index (χ0v) is 19.4. The van der Waals surface area contributed by atoms with Gasteiger partial charge in [-0.05, 0) is 24.3 Å². The highest BCUT2D eigenvalue weighted by atomic mass is 35.5. The lowest BCUT2D eigenvalue weighted by atomic mass is 10.1. The van der Waals surface area contributed by atoms with Gasteiger partial charge in [0.1, 0.15) is 5.75 Å². The first-order chi connectivity index (χ1) is 17.2. The molecular formula is C24H17ClF3N5O3. The molecular weight excluding hydrogens is 499 g/mol. The van der Waals surface area contributed by atoms with Crippen molar-refractivity contribution >= 4 is 17.5 Å². The topological polar surface area (TPSA) is 100 Å². The number of benzene rings is 2. The van der Waals surface area contributed by atoms with Crippen molar-refractivity contribution in [2.24, 2.45) is 0 Å². The Kier molecular flexibility index (Phi) is 6.98. The van der Waals surface area contributed by atoms with Gasteiger partial charge < -0.3 is 19.7 Å². The predicted octanol–water partition coefficient (Wildman–Crippen LogP) is 4.42. The summed E-state index contributed by atoms with van der Waals surface area (Å²) in [5, 5.41) is 19.5. The Hall–Kier alpha value is -4.30. The standard InChI is InChI=1S/C24H17ClF3N5O3/c1-35-22-16(9-19(31-32-22)15-5-3-2-4-6-15)12-33-13-30-21(24(26,27)28)20(23(33)34)36-18-8-14(11-29)7-17(25)10-18/h2-10,30H,12-13H2,1H3. The number of hydrogen-bond donors (Lipinski definition) is 1. The predicted molar refractivity (Wildman–Crippen MR) is 122 cm³/mol. The lowest BCUT2D eigenvalue weighted by Crippen LogP contribution is -2.49. The lowest BCUT2D eigenvalue weighted by Gasteiger charge is -2.32. The molecule has 0 saturated carbocycles. The summed E-state index contributed by atoms with van der Waals surface area (Å²) in [7, 11) is 1.37. The van der Waals surface area contributed by atoms with E-state index in [-0.39, 0.29) is 28.8 Å². The molecule has 0 unspecified atom stereocenters. The van der Waals surface area contributed by atoms with Crippen molar-refractivity contribution in [1.29, 1.82) is 5.26 Å². The minimum Gasteiger partial charge on any atom is -0.480 e. The molecule has 0 bridgehead atoms. The summed E-state index contributed by atoms with van der Waals surface area (Å²) in [5.41, 5.74) is 0.392. The second-order valence-electron chi connectivity index (χ2n) is 7.56. The fraction of sp³-hybridized carbons (Fsp3) is 0.167. The summed E-state index contributed by atoms with van der Waals surface area (Å²) >= 11 is 5.94. The van der Waals surface area contributed by atoms with Gasteiger partial charge in [0.05, 0.1) is 37.6 Å². The van der Waals surface area contributed by atoms with Crippen LogP contribution in [-0.4, -0.2) is 41.0 Å². The van der Waals surface area contributed by atoms with Crippen molar-refractivity contribution in [3.63, 3.8) is 0 Å². The van der Waals surface area contributed by atoms with E-state index < -0.39 is 30.2 Å². The van der Waals surface area contributed by atoms with Crippen molar-refractivity contribution in [1.82, 2.24) is 20.4 Å². The largest absolute Gasteiger partial charge is 0.480 e. The number of halogens is 4. The molecule has 36 heavy (non-hydrogen) atoms. The number of carbonyl (C=O) groups excluding carboxylic acids is 1. The molecule has 1 N–H and O–H groups in total. The second kappa shape index (κ2) is 10.1. The fourth-order valence-electron chi connectivity index (χ4n) is 3.49. The number of aromatic nitrogens is 2. The van der Waals surface area contributed by atoms with E-state index in [1.165, 1.54) is 25.3 Å². The van der Waals surface area contributed by atoms with E-state index in [1.807, 2.05) is 36.4 Å². The molecule has 0 spiro atoms. The van der Waals surface area contributed by atoms with Gasteiger partial charge in [0.15, 0.2) is 5.70 Å². The minimum atomic E-state index is -4.90. The maximum absolute atomic E-state index is 13.7. The van der Waals surface area contributed by atoms with Crippen LogP contribution in [0.5, 0.6) is 11.6 Å². The summed E-state index contributed by atoms with van der Waals surface area (Å²) in [6, 6.07) is 16.3. The van der Waals surface area contributed by atoms with Crippen molar-refractivity contribution in [3.8, 4) is 29.0 Å². The van der Waals surface area contributed by atoms with Gasteiger partial charge in [-0.3, -0.25) is 4.79 Å². The smallest absolute Gasteiger partial charge is 0.434 e. The number of hydrogen-bond acceptors (Lipinski definition) is 7. The first kappa shape index (κ1) is 24.8. The monoisotopic (exact) mass is 515 g/mol. The maximum Gasteiger partial charge on any atom is 0.434 e. The molecule has 2 heterocycles. The van der Waals surface area contributed by atoms with Crippen molar-refractivity contribution in [2.75, 3.05) is 13.8 Å². The average Bonchev–Trinajstić information content (AvgIpc) is 2.85. The van der Waals surface area contributed by atoms with Crippen LogP contribution in [0, 0.1) is 11.3 Å². The molecule has 0 aliphatic carbocycles. The van der Waals surface area contributed by atoms with E-state index >= 15 is 0 Å². The number of methoxy groups -OCH3 is 1. The highest BCUT2D eigenvalue weighted by Crippen LogP contribution is 2.33. The van der Waals surface area contributed by atoms with E-state index in [0.717, 1.165) is 10.5 Å². The Morgan fingerprint density at radius 3 is 2.58 bits per heavy atom. The van der Waals surface area contributed by atoms with E-state index in [0.29, 0.717) is 11.3 Å². The van der Waals surface area contributed by atoms with Gasteiger partial charge in [0, 0.05) is 16.1 Å². The third kappa shape index (κ3) is 5.34. The van der Waals surface area contributed by atoms with Crippen LogP contribution < -0.4 is 14.8 Å². The molecule has 12 heteroatoms. The SMILES string of the molecule is COc1nnc(-c2ccccc2)cc1CN1CNC(C(F)(F)F)=C(Oc2cc(Cl)cc(C#N)c2)C1=O. The van der Waals surface area contributed by atoms with Gasteiger partial charge >= 0.3 is 6.18 Å². The second-order valence-corrected chi connectivity index (χ2v) is 8.00. The number of nitrogens with zero attached hydrogens (tertiary/aromatic N) is 4. The first-order valence-corrected chi connectivity index (χ1v) is 10.8. The molecule has 2 aromatic carbocycles. The average molecular weight is 516 g/mol. The molecule has 1 aromatic heterocycles. The molecule has 0 radical (unpaired) electrons. The summed E-state index contributed by atoms with van der Waals surface area (Å²) in [5.74, 6) is -2.09. The number of allylic oxidation sites excluding steroid dienone is 1. The van der Waals surface area contributed by atoms with Crippen LogP contribution in [-0.2, 0) is 11.3 Å². The van der Waals surface area contributed by atoms with Gasteiger partial charge in [0.2, 0.25) is 11.6 Å². The molecule has 0 saturated heterocycles. The Morgan fingerprint density at radius 1 is 1.17 bits per heavy atom. The lowest BCUT2D eigenvalue weighted by molar-refractivity contribution is -0.137. The van der Waals surface area contributed by atoms with Crippen molar-refractivity contribution in [3.05, 3.63) is 82.2 Å². The third-order valence-electron chi connectivity index (χ3n) is 5.12. The van der Waals surface area contributed by atoms with Crippen LogP contribution in [0.1, 0.15) is 11.1 Å². The van der Waals surface area contributed by atoms with Crippen LogP contribution in [0.3, 0.4) is 0 Å². The maximum atomic E-state index is 13.7. The number of carbonyl (C=O) groups is 1. The van der Waals surface area contributed by atoms with E-state index in [2.05, 4.69) is 15.5 Å². The van der Waals surface area contributed by atoms with Crippen LogP contribution in [0.15, 0.2) is 66.1 Å². The minimum absolute atomic E-state index is 0.0563. The van der Waals surface area contributed by atoms with Gasteiger partial charge in [-0.15, -0.1) is 10.2 Å². The van der Waals surface area contributed by atoms with Crippen molar-refractivity contribution in [2.45, 2.75) is 12.7 Å². The van der Waals surface area contributed by atoms with Crippen LogP contribution in [0.4, 0.5) is 13.2 Å². The highest BCUT2D eigenvalue weighted by Gasteiger charge is 2.44. The molecule has 8 nitrogen and oxygen atoms in total. The number of alkyl halides is 3. The highest BCUT2D eigenvalue weighted by molar-refractivity contribution is 6.30. The molecule has 184 valence electrons. The van der Waals surface area contributed by atoms with E-state index in [1.54, 1.807) is 6.07 Å². The normalized spacial score (nSPS) is 13.8.